The minimum absolute atomic E-state index is 0.0407. The van der Waals surface area contributed by atoms with Crippen LogP contribution in [-0.4, -0.2) is 14.3 Å². The largest absolute Gasteiger partial charge is 0.321 e. The number of hydrogen-bond acceptors (Lipinski definition) is 3. The number of sulfonamides is 1. The van der Waals surface area contributed by atoms with Crippen LogP contribution in [0.1, 0.15) is 39.5 Å². The van der Waals surface area contributed by atoms with E-state index in [0.717, 1.165) is 34.4 Å². The third-order valence-electron chi connectivity index (χ3n) is 5.09. The van der Waals surface area contributed by atoms with Crippen molar-refractivity contribution in [1.29, 1.82) is 0 Å². The molecule has 2 N–H and O–H groups in total. The number of para-hydroxylation sites is 1. The zero-order valence-corrected chi connectivity index (χ0v) is 19.5. The van der Waals surface area contributed by atoms with E-state index in [9.17, 15) is 13.2 Å². The molecule has 0 heterocycles. The highest BCUT2D eigenvalue weighted by Gasteiger charge is 2.21. The van der Waals surface area contributed by atoms with Crippen molar-refractivity contribution in [1.82, 2.24) is 0 Å². The first-order valence-corrected chi connectivity index (χ1v) is 11.8. The van der Waals surface area contributed by atoms with Gasteiger partial charge in [0.1, 0.15) is 4.90 Å². The van der Waals surface area contributed by atoms with Crippen LogP contribution in [0.4, 0.5) is 11.4 Å². The van der Waals surface area contributed by atoms with Crippen LogP contribution in [0.25, 0.3) is 0 Å². The number of nitrogens with one attached hydrogen (secondary N) is 2. The van der Waals surface area contributed by atoms with Crippen molar-refractivity contribution in [2.45, 2.75) is 39.0 Å². The van der Waals surface area contributed by atoms with Gasteiger partial charge >= 0.3 is 0 Å². The predicted octanol–water partition coefficient (Wildman–Crippen LogP) is 5.88. The van der Waals surface area contributed by atoms with Gasteiger partial charge in [-0.3, -0.25) is 9.52 Å². The first-order chi connectivity index (χ1) is 14.6. The number of benzene rings is 3. The van der Waals surface area contributed by atoms with Crippen LogP contribution in [-0.2, 0) is 16.4 Å². The predicted molar refractivity (Wildman–Crippen MR) is 127 cm³/mol. The van der Waals surface area contributed by atoms with Gasteiger partial charge in [-0.1, -0.05) is 54.4 Å². The van der Waals surface area contributed by atoms with Gasteiger partial charge in [0.05, 0.1) is 10.7 Å². The highest BCUT2D eigenvalue weighted by molar-refractivity contribution is 7.92. The van der Waals surface area contributed by atoms with E-state index in [1.165, 1.54) is 18.2 Å². The maximum atomic E-state index is 13.0. The molecule has 0 radical (unpaired) electrons. The maximum Gasteiger partial charge on any atom is 0.263 e. The van der Waals surface area contributed by atoms with Crippen molar-refractivity contribution in [3.05, 3.63) is 87.4 Å². The summed E-state index contributed by atoms with van der Waals surface area (Å²) in [5.74, 6) is -0.399. The topological polar surface area (TPSA) is 75.3 Å². The lowest BCUT2D eigenvalue weighted by Gasteiger charge is -2.15. The number of carbonyl (C=O) groups excluding carboxylic acids is 1. The van der Waals surface area contributed by atoms with Crippen molar-refractivity contribution < 1.29 is 13.2 Å². The van der Waals surface area contributed by atoms with Gasteiger partial charge < -0.3 is 5.32 Å². The van der Waals surface area contributed by atoms with E-state index in [1.807, 2.05) is 58.0 Å². The molecule has 3 aromatic carbocycles. The van der Waals surface area contributed by atoms with Gasteiger partial charge in [0, 0.05) is 11.3 Å². The fourth-order valence-corrected chi connectivity index (χ4v) is 5.02. The standard InChI is InChI=1S/C24H25ClN2O3S/c1-5-18-8-6-7-16(3)23(18)26-24(28)19-10-11-20(25)22(14-19)31(29,30)27-21-12-9-15(2)13-17(21)4/h6-14,27H,5H2,1-4H3,(H,26,28). The minimum atomic E-state index is -3.99. The Balaban J connectivity index is 1.93. The molecule has 5 nitrogen and oxygen atoms in total. The van der Waals surface area contributed by atoms with Crippen LogP contribution < -0.4 is 10.0 Å². The molecule has 1 amide bonds. The molecule has 0 saturated carbocycles. The van der Waals surface area contributed by atoms with Crippen molar-refractivity contribution in [2.24, 2.45) is 0 Å². The Morgan fingerprint density at radius 1 is 0.968 bits per heavy atom. The molecule has 31 heavy (non-hydrogen) atoms. The van der Waals surface area contributed by atoms with E-state index in [0.29, 0.717) is 5.69 Å². The van der Waals surface area contributed by atoms with Crippen LogP contribution in [0.3, 0.4) is 0 Å². The van der Waals surface area contributed by atoms with Gasteiger partial charge in [-0.15, -0.1) is 0 Å². The number of halogens is 1. The summed E-state index contributed by atoms with van der Waals surface area (Å²) in [6.45, 7) is 7.68. The Kier molecular flexibility index (Phi) is 6.72. The second-order valence-electron chi connectivity index (χ2n) is 7.49. The first kappa shape index (κ1) is 22.8. The van der Waals surface area contributed by atoms with Gasteiger partial charge in [0.15, 0.2) is 0 Å². The average molecular weight is 457 g/mol. The van der Waals surface area contributed by atoms with E-state index in [1.54, 1.807) is 6.07 Å². The first-order valence-electron chi connectivity index (χ1n) is 9.92. The fourth-order valence-electron chi connectivity index (χ4n) is 3.37. The zero-order chi connectivity index (χ0) is 22.8. The monoisotopic (exact) mass is 456 g/mol. The molecule has 0 spiro atoms. The smallest absolute Gasteiger partial charge is 0.263 e. The number of carbonyl (C=O) groups is 1. The Labute approximate surface area is 188 Å². The molecule has 0 atom stereocenters. The summed E-state index contributed by atoms with van der Waals surface area (Å²) >= 11 is 6.20. The van der Waals surface area contributed by atoms with Crippen molar-refractivity contribution in [3.8, 4) is 0 Å². The molecule has 0 aromatic heterocycles. The second kappa shape index (κ2) is 9.12. The Hall–Kier alpha value is -2.83. The molecule has 0 bridgehead atoms. The lowest BCUT2D eigenvalue weighted by atomic mass is 10.1. The van der Waals surface area contributed by atoms with Crippen molar-refractivity contribution in [3.63, 3.8) is 0 Å². The highest BCUT2D eigenvalue weighted by Crippen LogP contribution is 2.28. The molecule has 0 aliphatic carbocycles. The van der Waals surface area contributed by atoms with Gasteiger partial charge in [0.2, 0.25) is 0 Å². The Bertz CT molecular complexity index is 1250. The molecule has 7 heteroatoms. The van der Waals surface area contributed by atoms with E-state index in [-0.39, 0.29) is 15.5 Å². The molecule has 3 rings (SSSR count). The third-order valence-corrected chi connectivity index (χ3v) is 6.93. The van der Waals surface area contributed by atoms with E-state index in [2.05, 4.69) is 10.0 Å². The second-order valence-corrected chi connectivity index (χ2v) is 9.54. The average Bonchev–Trinajstić information content (AvgIpc) is 2.71. The SMILES string of the molecule is CCc1cccc(C)c1NC(=O)c1ccc(Cl)c(S(=O)(=O)Nc2ccc(C)cc2C)c1. The number of anilines is 2. The van der Waals surface area contributed by atoms with Gasteiger partial charge in [-0.25, -0.2) is 8.42 Å². The van der Waals surface area contributed by atoms with E-state index >= 15 is 0 Å². The molecule has 0 saturated heterocycles. The van der Waals surface area contributed by atoms with Crippen LogP contribution in [0, 0.1) is 20.8 Å². The van der Waals surface area contributed by atoms with Gasteiger partial charge in [0.25, 0.3) is 15.9 Å². The zero-order valence-electron chi connectivity index (χ0n) is 17.9. The van der Waals surface area contributed by atoms with Crippen molar-refractivity contribution >= 4 is 38.9 Å². The molecule has 162 valence electrons. The summed E-state index contributed by atoms with van der Waals surface area (Å²) in [4.78, 5) is 12.8. The Morgan fingerprint density at radius 3 is 2.39 bits per heavy atom. The lowest BCUT2D eigenvalue weighted by molar-refractivity contribution is 0.102. The van der Waals surface area contributed by atoms with Crippen molar-refractivity contribution in [2.75, 3.05) is 10.0 Å². The Morgan fingerprint density at radius 2 is 1.71 bits per heavy atom. The number of hydrogen-bond donors (Lipinski definition) is 2. The van der Waals surface area contributed by atoms with Crippen LogP contribution in [0.2, 0.25) is 5.02 Å². The van der Waals surface area contributed by atoms with Gasteiger partial charge in [-0.2, -0.15) is 0 Å². The summed E-state index contributed by atoms with van der Waals surface area (Å²) in [6.07, 6.45) is 0.761. The third kappa shape index (κ3) is 5.09. The van der Waals surface area contributed by atoms with Gasteiger partial charge in [-0.05, 0) is 68.1 Å². The lowest BCUT2D eigenvalue weighted by Crippen LogP contribution is -2.17. The van der Waals surface area contributed by atoms with Crippen LogP contribution in [0.15, 0.2) is 59.5 Å². The maximum absolute atomic E-state index is 13.0. The van der Waals surface area contributed by atoms with E-state index in [4.69, 9.17) is 11.6 Å². The van der Waals surface area contributed by atoms with E-state index < -0.39 is 15.9 Å². The quantitative estimate of drug-likeness (QED) is 0.486. The van der Waals surface area contributed by atoms with Crippen LogP contribution >= 0.6 is 11.6 Å². The normalized spacial score (nSPS) is 11.3. The molecular formula is C24H25ClN2O3S. The molecule has 0 aliphatic rings. The number of aryl methyl sites for hydroxylation is 4. The number of rotatable bonds is 6. The molecular weight excluding hydrogens is 432 g/mol. The summed E-state index contributed by atoms with van der Waals surface area (Å²) in [6, 6.07) is 15.5. The molecule has 0 unspecified atom stereocenters. The summed E-state index contributed by atoms with van der Waals surface area (Å²) < 4.78 is 28.6. The molecule has 3 aromatic rings. The minimum Gasteiger partial charge on any atom is -0.321 e. The number of amides is 1. The summed E-state index contributed by atoms with van der Waals surface area (Å²) in [5, 5.41) is 2.95. The summed E-state index contributed by atoms with van der Waals surface area (Å²) in [5.41, 5.74) is 5.17. The fraction of sp³-hybridized carbons (Fsp3) is 0.208. The summed E-state index contributed by atoms with van der Waals surface area (Å²) in [7, 11) is -3.99. The molecule has 0 aliphatic heterocycles. The highest BCUT2D eigenvalue weighted by atomic mass is 35.5. The molecule has 0 fully saturated rings. The van der Waals surface area contributed by atoms with Crippen LogP contribution in [0.5, 0.6) is 0 Å².